The fourth-order valence-electron chi connectivity index (χ4n) is 2.99. The van der Waals surface area contributed by atoms with Gasteiger partial charge >= 0.3 is 0 Å². The van der Waals surface area contributed by atoms with E-state index < -0.39 is 0 Å². The number of nitrogens with one attached hydrogen (secondary N) is 1. The quantitative estimate of drug-likeness (QED) is 0.675. The molecule has 0 unspecified atom stereocenters. The van der Waals surface area contributed by atoms with Gasteiger partial charge in [-0.2, -0.15) is 0 Å². The van der Waals surface area contributed by atoms with Gasteiger partial charge in [-0.05, 0) is 43.5 Å². The third kappa shape index (κ3) is 3.57. The van der Waals surface area contributed by atoms with Gasteiger partial charge in [-0.1, -0.05) is 38.5 Å². The number of hydrogen-bond donors (Lipinski definition) is 1. The molecule has 0 spiro atoms. The number of ether oxygens (including phenoxy) is 1. The fraction of sp³-hybridized carbons (Fsp3) is 0.333. The topological polar surface area (TPSA) is 55.6 Å². The van der Waals surface area contributed by atoms with Crippen LogP contribution in [0.4, 0.5) is 5.69 Å². The largest absolute Gasteiger partial charge is 0.491 e. The van der Waals surface area contributed by atoms with Crippen molar-refractivity contribution in [3.05, 3.63) is 59.5 Å². The highest BCUT2D eigenvalue weighted by Gasteiger charge is 2.20. The van der Waals surface area contributed by atoms with Gasteiger partial charge in [-0.15, -0.1) is 0 Å². The molecule has 2 heterocycles. The number of pyridine rings is 1. The van der Waals surface area contributed by atoms with Crippen LogP contribution in [0, 0.1) is 6.92 Å². The minimum Gasteiger partial charge on any atom is -0.491 e. The van der Waals surface area contributed by atoms with Crippen LogP contribution in [-0.2, 0) is 6.42 Å². The number of para-hydroxylation sites is 2. The summed E-state index contributed by atoms with van der Waals surface area (Å²) in [7, 11) is 0. The van der Waals surface area contributed by atoms with Gasteiger partial charge < -0.3 is 10.1 Å². The van der Waals surface area contributed by atoms with E-state index in [4.69, 9.17) is 9.72 Å². The molecule has 3 rings (SSSR count). The zero-order valence-electron chi connectivity index (χ0n) is 15.6. The number of amides is 1. The smallest absolute Gasteiger partial charge is 0.274 e. The Hall–Kier alpha value is -2.82. The molecule has 0 saturated heterocycles. The molecule has 0 aliphatic rings. The molecule has 0 saturated carbocycles. The number of anilines is 1. The van der Waals surface area contributed by atoms with Crippen molar-refractivity contribution in [2.75, 3.05) is 11.9 Å². The SMILES string of the molecule is CCCOc1ccccc1NC(=O)c1c(CCC)nc2c(C)cccn12. The molecule has 136 valence electrons. The lowest BCUT2D eigenvalue weighted by atomic mass is 10.2. The molecule has 0 atom stereocenters. The maximum Gasteiger partial charge on any atom is 0.274 e. The Balaban J connectivity index is 1.98. The molecular formula is C21H25N3O2. The van der Waals surface area contributed by atoms with Crippen LogP contribution >= 0.6 is 0 Å². The van der Waals surface area contributed by atoms with E-state index in [1.165, 1.54) is 0 Å². The van der Waals surface area contributed by atoms with Gasteiger partial charge in [0.05, 0.1) is 18.0 Å². The highest BCUT2D eigenvalue weighted by molar-refractivity contribution is 6.05. The standard InChI is InChI=1S/C21H25N3O2/c1-4-9-17-19(24-13-8-10-15(3)20(24)22-17)21(25)23-16-11-6-7-12-18(16)26-14-5-2/h6-8,10-13H,4-5,9,14H2,1-3H3,(H,23,25). The van der Waals surface area contributed by atoms with E-state index in [-0.39, 0.29) is 5.91 Å². The van der Waals surface area contributed by atoms with Gasteiger partial charge in [-0.25, -0.2) is 4.98 Å². The Kier molecular flexibility index (Phi) is 5.56. The lowest BCUT2D eigenvalue weighted by Crippen LogP contribution is -2.17. The van der Waals surface area contributed by atoms with Crippen LogP contribution in [0.2, 0.25) is 0 Å². The monoisotopic (exact) mass is 351 g/mol. The molecule has 26 heavy (non-hydrogen) atoms. The van der Waals surface area contributed by atoms with E-state index in [2.05, 4.69) is 19.2 Å². The fourth-order valence-corrected chi connectivity index (χ4v) is 2.99. The van der Waals surface area contributed by atoms with Crippen LogP contribution in [0.15, 0.2) is 42.6 Å². The maximum absolute atomic E-state index is 13.1. The van der Waals surface area contributed by atoms with Gasteiger partial charge in [-0.3, -0.25) is 9.20 Å². The molecule has 5 nitrogen and oxygen atoms in total. The third-order valence-electron chi connectivity index (χ3n) is 4.22. The highest BCUT2D eigenvalue weighted by atomic mass is 16.5. The van der Waals surface area contributed by atoms with Crippen LogP contribution < -0.4 is 10.1 Å². The van der Waals surface area contributed by atoms with Gasteiger partial charge in [0.2, 0.25) is 0 Å². The van der Waals surface area contributed by atoms with Crippen molar-refractivity contribution in [1.29, 1.82) is 0 Å². The third-order valence-corrected chi connectivity index (χ3v) is 4.22. The Morgan fingerprint density at radius 2 is 1.96 bits per heavy atom. The molecule has 1 aromatic carbocycles. The minimum atomic E-state index is -0.168. The van der Waals surface area contributed by atoms with Crippen molar-refractivity contribution >= 4 is 17.2 Å². The second kappa shape index (κ2) is 8.04. The van der Waals surface area contributed by atoms with Crippen molar-refractivity contribution in [1.82, 2.24) is 9.38 Å². The maximum atomic E-state index is 13.1. The average molecular weight is 351 g/mol. The molecule has 0 radical (unpaired) electrons. The Morgan fingerprint density at radius 3 is 2.73 bits per heavy atom. The summed E-state index contributed by atoms with van der Waals surface area (Å²) in [5.74, 6) is 0.517. The Labute approximate surface area is 154 Å². The lowest BCUT2D eigenvalue weighted by Gasteiger charge is -2.12. The summed E-state index contributed by atoms with van der Waals surface area (Å²) in [6, 6.07) is 11.5. The van der Waals surface area contributed by atoms with E-state index >= 15 is 0 Å². The van der Waals surface area contributed by atoms with Crippen LogP contribution in [0.5, 0.6) is 5.75 Å². The number of fused-ring (bicyclic) bond motifs is 1. The highest BCUT2D eigenvalue weighted by Crippen LogP contribution is 2.26. The summed E-state index contributed by atoms with van der Waals surface area (Å²) in [5, 5.41) is 3.01. The van der Waals surface area contributed by atoms with E-state index in [0.717, 1.165) is 36.2 Å². The van der Waals surface area contributed by atoms with Crippen molar-refractivity contribution < 1.29 is 9.53 Å². The lowest BCUT2D eigenvalue weighted by molar-refractivity contribution is 0.102. The van der Waals surface area contributed by atoms with E-state index in [1.807, 2.05) is 53.9 Å². The molecule has 1 amide bonds. The summed E-state index contributed by atoms with van der Waals surface area (Å²) < 4.78 is 7.63. The number of carbonyl (C=O) groups is 1. The van der Waals surface area contributed by atoms with Gasteiger partial charge in [0.25, 0.3) is 5.91 Å². The van der Waals surface area contributed by atoms with E-state index in [0.29, 0.717) is 23.7 Å². The number of hydrogen-bond acceptors (Lipinski definition) is 3. The first-order chi connectivity index (χ1) is 12.7. The molecule has 0 bridgehead atoms. The number of benzene rings is 1. The number of aryl methyl sites for hydroxylation is 2. The number of carbonyl (C=O) groups excluding carboxylic acids is 1. The molecular weight excluding hydrogens is 326 g/mol. The average Bonchev–Trinajstić information content (AvgIpc) is 3.01. The number of rotatable bonds is 7. The summed E-state index contributed by atoms with van der Waals surface area (Å²) in [5.41, 5.74) is 3.98. The summed E-state index contributed by atoms with van der Waals surface area (Å²) in [6.45, 7) is 6.77. The van der Waals surface area contributed by atoms with E-state index in [9.17, 15) is 4.79 Å². The summed E-state index contributed by atoms with van der Waals surface area (Å²) >= 11 is 0. The van der Waals surface area contributed by atoms with Gasteiger partial charge in [0.1, 0.15) is 17.1 Å². The molecule has 1 N–H and O–H groups in total. The van der Waals surface area contributed by atoms with E-state index in [1.54, 1.807) is 0 Å². The van der Waals surface area contributed by atoms with Crippen molar-refractivity contribution in [2.45, 2.75) is 40.0 Å². The first-order valence-electron chi connectivity index (χ1n) is 9.15. The predicted octanol–water partition coefficient (Wildman–Crippen LogP) is 4.64. The number of aromatic nitrogens is 2. The van der Waals surface area contributed by atoms with Gasteiger partial charge in [0, 0.05) is 6.20 Å². The van der Waals surface area contributed by atoms with Crippen LogP contribution in [0.3, 0.4) is 0 Å². The van der Waals surface area contributed by atoms with Crippen molar-refractivity contribution in [3.8, 4) is 5.75 Å². The Morgan fingerprint density at radius 1 is 1.15 bits per heavy atom. The van der Waals surface area contributed by atoms with Gasteiger partial charge in [0.15, 0.2) is 0 Å². The van der Waals surface area contributed by atoms with Crippen LogP contribution in [0.25, 0.3) is 5.65 Å². The normalized spacial score (nSPS) is 10.9. The molecule has 0 aliphatic heterocycles. The second-order valence-corrected chi connectivity index (χ2v) is 6.34. The molecule has 0 aliphatic carbocycles. The number of imidazole rings is 1. The molecule has 0 fully saturated rings. The zero-order valence-corrected chi connectivity index (χ0v) is 15.6. The zero-order chi connectivity index (χ0) is 18.5. The van der Waals surface area contributed by atoms with Crippen molar-refractivity contribution in [2.24, 2.45) is 0 Å². The van der Waals surface area contributed by atoms with Crippen molar-refractivity contribution in [3.63, 3.8) is 0 Å². The first-order valence-corrected chi connectivity index (χ1v) is 9.15. The summed E-state index contributed by atoms with van der Waals surface area (Å²) in [6.07, 6.45) is 4.50. The second-order valence-electron chi connectivity index (χ2n) is 6.34. The molecule has 5 heteroatoms. The predicted molar refractivity (Wildman–Crippen MR) is 104 cm³/mol. The Bertz CT molecular complexity index is 915. The molecule has 2 aromatic heterocycles. The van der Waals surface area contributed by atoms with Crippen LogP contribution in [0.1, 0.15) is 48.4 Å². The minimum absolute atomic E-state index is 0.168. The molecule has 3 aromatic rings. The number of nitrogens with zero attached hydrogens (tertiary/aromatic N) is 2. The summed E-state index contributed by atoms with van der Waals surface area (Å²) in [4.78, 5) is 17.8. The first kappa shape index (κ1) is 18.0. The van der Waals surface area contributed by atoms with Crippen LogP contribution in [-0.4, -0.2) is 21.9 Å².